The number of nitrogens with one attached hydrogen (secondary N) is 1. The number of rotatable bonds is 6. The van der Waals surface area contributed by atoms with Gasteiger partial charge in [0.05, 0.1) is 0 Å². The highest BCUT2D eigenvalue weighted by molar-refractivity contribution is 6.18. The van der Waals surface area contributed by atoms with Crippen LogP contribution >= 0.6 is 11.6 Å². The van der Waals surface area contributed by atoms with E-state index in [-0.39, 0.29) is 17.9 Å². The third kappa shape index (κ3) is 5.34. The highest BCUT2D eigenvalue weighted by atomic mass is 35.5. The first-order valence-electron chi connectivity index (χ1n) is 7.86. The summed E-state index contributed by atoms with van der Waals surface area (Å²) in [4.78, 5) is 25.6. The van der Waals surface area contributed by atoms with Crippen molar-refractivity contribution in [3.63, 3.8) is 0 Å². The maximum Gasteiger partial charge on any atom is 0.223 e. The van der Waals surface area contributed by atoms with Crippen LogP contribution in [-0.2, 0) is 16.0 Å². The molecule has 1 saturated heterocycles. The second-order valence-electron chi connectivity index (χ2n) is 5.65. The van der Waals surface area contributed by atoms with Crippen LogP contribution in [0.2, 0.25) is 0 Å². The van der Waals surface area contributed by atoms with Gasteiger partial charge >= 0.3 is 0 Å². The molecule has 4 nitrogen and oxygen atoms in total. The third-order valence-corrected chi connectivity index (χ3v) is 4.19. The van der Waals surface area contributed by atoms with Crippen LogP contribution in [-0.4, -0.2) is 41.7 Å². The van der Waals surface area contributed by atoms with Gasteiger partial charge in [0.1, 0.15) is 0 Å². The van der Waals surface area contributed by atoms with Crippen molar-refractivity contribution in [1.82, 2.24) is 10.2 Å². The summed E-state index contributed by atoms with van der Waals surface area (Å²) in [7, 11) is 0. The van der Waals surface area contributed by atoms with E-state index in [9.17, 15) is 9.59 Å². The fourth-order valence-corrected chi connectivity index (χ4v) is 2.88. The van der Waals surface area contributed by atoms with Crippen molar-refractivity contribution in [2.24, 2.45) is 0 Å². The Morgan fingerprint density at radius 1 is 1.14 bits per heavy atom. The summed E-state index contributed by atoms with van der Waals surface area (Å²) in [5, 5.41) is 3.08. The number of alkyl halides is 1. The zero-order valence-corrected chi connectivity index (χ0v) is 13.5. The average Bonchev–Trinajstić information content (AvgIpc) is 2.55. The Hall–Kier alpha value is -1.55. The number of amides is 2. The lowest BCUT2D eigenvalue weighted by molar-refractivity contribution is -0.132. The normalized spacial score (nSPS) is 15.6. The lowest BCUT2D eigenvalue weighted by Gasteiger charge is -2.32. The van der Waals surface area contributed by atoms with E-state index in [0.717, 1.165) is 19.3 Å². The standard InChI is InChI=1S/C17H23ClN2O2/c18-11-8-17(22)20-12-9-15(10-13-20)19-16(21)7-6-14-4-2-1-3-5-14/h1-5,15H,6-13H2,(H,19,21). The van der Waals surface area contributed by atoms with Gasteiger partial charge in [-0.3, -0.25) is 9.59 Å². The predicted octanol–water partition coefficient (Wildman–Crippen LogP) is 2.36. The number of hydrogen-bond acceptors (Lipinski definition) is 2. The van der Waals surface area contributed by atoms with Gasteiger partial charge in [0.2, 0.25) is 11.8 Å². The van der Waals surface area contributed by atoms with E-state index in [4.69, 9.17) is 11.6 Å². The van der Waals surface area contributed by atoms with E-state index in [1.54, 1.807) is 0 Å². The first-order chi connectivity index (χ1) is 10.7. The molecule has 0 aromatic heterocycles. The number of piperidine rings is 1. The molecule has 0 spiro atoms. The summed E-state index contributed by atoms with van der Waals surface area (Å²) in [6, 6.07) is 10.2. The van der Waals surface area contributed by atoms with Crippen molar-refractivity contribution in [3.8, 4) is 0 Å². The molecule has 1 aliphatic heterocycles. The van der Waals surface area contributed by atoms with E-state index < -0.39 is 0 Å². The number of likely N-dealkylation sites (tertiary alicyclic amines) is 1. The van der Waals surface area contributed by atoms with Crippen LogP contribution in [0.3, 0.4) is 0 Å². The van der Waals surface area contributed by atoms with Crippen LogP contribution in [0.5, 0.6) is 0 Å². The molecule has 0 bridgehead atoms. The van der Waals surface area contributed by atoms with Gasteiger partial charge in [-0.15, -0.1) is 11.6 Å². The SMILES string of the molecule is O=C(CCc1ccccc1)NC1CCN(C(=O)CCCl)CC1. The first-order valence-corrected chi connectivity index (χ1v) is 8.39. The third-order valence-electron chi connectivity index (χ3n) is 4.00. The summed E-state index contributed by atoms with van der Waals surface area (Å²) in [6.45, 7) is 1.42. The van der Waals surface area contributed by atoms with E-state index in [0.29, 0.717) is 31.8 Å². The molecule has 1 fully saturated rings. The Labute approximate surface area is 136 Å². The van der Waals surface area contributed by atoms with E-state index >= 15 is 0 Å². The molecule has 0 aliphatic carbocycles. The second kappa shape index (κ2) is 8.79. The van der Waals surface area contributed by atoms with Crippen LogP contribution in [0.1, 0.15) is 31.2 Å². The molecule has 120 valence electrons. The van der Waals surface area contributed by atoms with Crippen molar-refractivity contribution in [3.05, 3.63) is 35.9 Å². The van der Waals surface area contributed by atoms with E-state index in [1.165, 1.54) is 5.56 Å². The molecule has 0 saturated carbocycles. The van der Waals surface area contributed by atoms with Crippen LogP contribution in [0.4, 0.5) is 0 Å². The molecule has 1 aliphatic rings. The molecule has 0 atom stereocenters. The Bertz CT molecular complexity index is 485. The van der Waals surface area contributed by atoms with Gasteiger partial charge < -0.3 is 10.2 Å². The monoisotopic (exact) mass is 322 g/mol. The lowest BCUT2D eigenvalue weighted by Crippen LogP contribution is -2.46. The summed E-state index contributed by atoms with van der Waals surface area (Å²) < 4.78 is 0. The minimum absolute atomic E-state index is 0.0920. The molecule has 1 N–H and O–H groups in total. The Morgan fingerprint density at radius 3 is 2.45 bits per heavy atom. The molecule has 0 unspecified atom stereocenters. The lowest BCUT2D eigenvalue weighted by atomic mass is 10.0. The van der Waals surface area contributed by atoms with Crippen LogP contribution in [0, 0.1) is 0 Å². The van der Waals surface area contributed by atoms with Crippen molar-refractivity contribution in [1.29, 1.82) is 0 Å². The van der Waals surface area contributed by atoms with Gasteiger partial charge in [0.25, 0.3) is 0 Å². The van der Waals surface area contributed by atoms with Crippen LogP contribution in [0.25, 0.3) is 0 Å². The van der Waals surface area contributed by atoms with Crippen molar-refractivity contribution in [2.45, 2.75) is 38.1 Å². The van der Waals surface area contributed by atoms with Gasteiger partial charge in [0.15, 0.2) is 0 Å². The van der Waals surface area contributed by atoms with E-state index in [2.05, 4.69) is 5.32 Å². The van der Waals surface area contributed by atoms with Crippen LogP contribution < -0.4 is 5.32 Å². The average molecular weight is 323 g/mol. The number of benzene rings is 1. The largest absolute Gasteiger partial charge is 0.353 e. The Kier molecular flexibility index (Phi) is 6.72. The molecule has 1 aromatic carbocycles. The number of nitrogens with zero attached hydrogens (tertiary/aromatic N) is 1. The van der Waals surface area contributed by atoms with Crippen molar-refractivity contribution in [2.75, 3.05) is 19.0 Å². The molecule has 1 heterocycles. The van der Waals surface area contributed by atoms with Gasteiger partial charge in [-0.25, -0.2) is 0 Å². The number of carbonyl (C=O) groups is 2. The summed E-state index contributed by atoms with van der Waals surface area (Å²) in [5.41, 5.74) is 1.18. The highest BCUT2D eigenvalue weighted by Gasteiger charge is 2.23. The van der Waals surface area contributed by atoms with Gasteiger partial charge in [-0.1, -0.05) is 30.3 Å². The smallest absolute Gasteiger partial charge is 0.223 e. The molecule has 5 heteroatoms. The zero-order valence-electron chi connectivity index (χ0n) is 12.8. The quantitative estimate of drug-likeness (QED) is 0.817. The fraction of sp³-hybridized carbons (Fsp3) is 0.529. The van der Waals surface area contributed by atoms with Gasteiger partial charge in [-0.05, 0) is 24.8 Å². The number of aryl methyl sites for hydroxylation is 1. The van der Waals surface area contributed by atoms with Crippen molar-refractivity contribution >= 4 is 23.4 Å². The summed E-state index contributed by atoms with van der Waals surface area (Å²) in [5.74, 6) is 0.577. The zero-order chi connectivity index (χ0) is 15.8. The summed E-state index contributed by atoms with van der Waals surface area (Å²) >= 11 is 5.59. The maximum absolute atomic E-state index is 12.0. The fourth-order valence-electron chi connectivity index (χ4n) is 2.71. The molecular weight excluding hydrogens is 300 g/mol. The van der Waals surface area contributed by atoms with Gasteiger partial charge in [0, 0.05) is 37.9 Å². The first kappa shape index (κ1) is 16.8. The molecule has 0 radical (unpaired) electrons. The van der Waals surface area contributed by atoms with Crippen molar-refractivity contribution < 1.29 is 9.59 Å². The second-order valence-corrected chi connectivity index (χ2v) is 6.03. The Morgan fingerprint density at radius 2 is 1.82 bits per heavy atom. The minimum atomic E-state index is 0.0920. The minimum Gasteiger partial charge on any atom is -0.353 e. The molecule has 22 heavy (non-hydrogen) atoms. The van der Waals surface area contributed by atoms with E-state index in [1.807, 2.05) is 35.2 Å². The molecular formula is C17H23ClN2O2. The number of carbonyl (C=O) groups excluding carboxylic acids is 2. The summed E-state index contributed by atoms with van der Waals surface area (Å²) in [6.07, 6.45) is 3.32. The number of hydrogen-bond donors (Lipinski definition) is 1. The molecule has 2 amide bonds. The molecule has 2 rings (SSSR count). The van der Waals surface area contributed by atoms with Gasteiger partial charge in [-0.2, -0.15) is 0 Å². The topological polar surface area (TPSA) is 49.4 Å². The predicted molar refractivity (Wildman–Crippen MR) is 87.8 cm³/mol. The van der Waals surface area contributed by atoms with Crippen LogP contribution in [0.15, 0.2) is 30.3 Å². The highest BCUT2D eigenvalue weighted by Crippen LogP contribution is 2.12. The Balaban J connectivity index is 1.67. The molecule has 1 aromatic rings. The maximum atomic E-state index is 12.0. The number of halogens is 1.